The van der Waals surface area contributed by atoms with Gasteiger partial charge in [-0.3, -0.25) is 14.9 Å². The first-order valence-electron chi connectivity index (χ1n) is 11.0. The molecule has 6 rings (SSSR count). The number of carbonyl (C=O) groups excluding carboxylic acids is 2. The Hall–Kier alpha value is -3.56. The third-order valence-electron chi connectivity index (χ3n) is 6.39. The average molecular weight is 459 g/mol. The summed E-state index contributed by atoms with van der Waals surface area (Å²) in [5.41, 5.74) is 2.62. The van der Waals surface area contributed by atoms with Crippen molar-refractivity contribution in [3.8, 4) is 0 Å². The molecule has 166 valence electrons. The lowest BCUT2D eigenvalue weighted by molar-refractivity contribution is -0.122. The average Bonchev–Trinajstić information content (AvgIpc) is 3.58. The van der Waals surface area contributed by atoms with Gasteiger partial charge < -0.3 is 15.2 Å². The molecule has 8 nitrogen and oxygen atoms in total. The SMILES string of the molecule is CNCC1CCN(c2nc(C3=C(c4c[nH]c5sccc45)C(=O)NC3=O)c3ccccc3n2)C1. The molecule has 0 saturated carbocycles. The number of carbonyl (C=O) groups is 2. The molecular formula is C24H22N6O2S. The van der Waals surface area contributed by atoms with Gasteiger partial charge in [0.2, 0.25) is 5.95 Å². The fourth-order valence-electron chi connectivity index (χ4n) is 4.86. The van der Waals surface area contributed by atoms with Gasteiger partial charge >= 0.3 is 0 Å². The number of imide groups is 1. The lowest BCUT2D eigenvalue weighted by Gasteiger charge is -2.18. The van der Waals surface area contributed by atoms with Gasteiger partial charge in [-0.25, -0.2) is 9.97 Å². The molecule has 1 unspecified atom stereocenters. The summed E-state index contributed by atoms with van der Waals surface area (Å²) in [4.78, 5) is 42.1. The number of hydrogen-bond donors (Lipinski definition) is 3. The molecule has 2 aliphatic heterocycles. The van der Waals surface area contributed by atoms with Gasteiger partial charge in [0.25, 0.3) is 11.8 Å². The summed E-state index contributed by atoms with van der Waals surface area (Å²) in [5.74, 6) is 0.285. The number of aromatic amines is 1. The summed E-state index contributed by atoms with van der Waals surface area (Å²) < 4.78 is 0. The van der Waals surface area contributed by atoms with Crippen molar-refractivity contribution in [2.75, 3.05) is 31.6 Å². The first-order valence-corrected chi connectivity index (χ1v) is 11.8. The molecule has 3 aromatic heterocycles. The second kappa shape index (κ2) is 7.79. The highest BCUT2D eigenvalue weighted by Gasteiger charge is 2.36. The van der Waals surface area contributed by atoms with Crippen LogP contribution in [0.2, 0.25) is 0 Å². The summed E-state index contributed by atoms with van der Waals surface area (Å²) in [5, 5.41) is 9.38. The highest BCUT2D eigenvalue weighted by atomic mass is 32.1. The zero-order valence-corrected chi connectivity index (χ0v) is 18.8. The van der Waals surface area contributed by atoms with Crippen LogP contribution in [-0.2, 0) is 9.59 Å². The van der Waals surface area contributed by atoms with Crippen molar-refractivity contribution < 1.29 is 9.59 Å². The summed E-state index contributed by atoms with van der Waals surface area (Å²) in [6.07, 6.45) is 2.85. The van der Waals surface area contributed by atoms with Crippen LogP contribution in [0.1, 0.15) is 17.7 Å². The fourth-order valence-corrected chi connectivity index (χ4v) is 5.63. The second-order valence-corrected chi connectivity index (χ2v) is 9.36. The standard InChI is InChI=1S/C24H22N6O2S/c1-25-10-13-6-8-30(12-13)24-27-17-5-3-2-4-15(17)20(28-24)19-18(21(31)29-22(19)32)16-11-26-23-14(16)7-9-33-23/h2-5,7,9,11,13,25-26H,6,8,10,12H2,1H3,(H,29,31,32). The van der Waals surface area contributed by atoms with Crippen LogP contribution in [-0.4, -0.2) is 53.4 Å². The number of rotatable bonds is 5. The van der Waals surface area contributed by atoms with Gasteiger partial charge in [0, 0.05) is 35.6 Å². The first kappa shape index (κ1) is 20.1. The zero-order chi connectivity index (χ0) is 22.5. The molecule has 2 amide bonds. The van der Waals surface area contributed by atoms with E-state index < -0.39 is 11.8 Å². The Morgan fingerprint density at radius 3 is 2.85 bits per heavy atom. The highest BCUT2D eigenvalue weighted by Crippen LogP contribution is 2.38. The molecule has 0 bridgehead atoms. The number of H-pyrrole nitrogens is 1. The minimum absolute atomic E-state index is 0.304. The second-order valence-electron chi connectivity index (χ2n) is 8.45. The van der Waals surface area contributed by atoms with Gasteiger partial charge in [0.05, 0.1) is 22.4 Å². The van der Waals surface area contributed by atoms with E-state index in [0.717, 1.165) is 47.2 Å². The van der Waals surface area contributed by atoms with Crippen LogP contribution in [0, 0.1) is 5.92 Å². The number of amides is 2. The van der Waals surface area contributed by atoms with Gasteiger partial charge in [0.1, 0.15) is 4.83 Å². The number of nitrogens with one attached hydrogen (secondary N) is 3. The van der Waals surface area contributed by atoms with Crippen molar-refractivity contribution in [1.29, 1.82) is 0 Å². The van der Waals surface area contributed by atoms with Crippen LogP contribution in [0.5, 0.6) is 0 Å². The van der Waals surface area contributed by atoms with E-state index in [1.165, 1.54) is 0 Å². The number of anilines is 1. The molecule has 5 heterocycles. The van der Waals surface area contributed by atoms with Crippen molar-refractivity contribution in [2.45, 2.75) is 6.42 Å². The number of nitrogens with zero attached hydrogens (tertiary/aromatic N) is 3. The topological polar surface area (TPSA) is 103 Å². The number of hydrogen-bond acceptors (Lipinski definition) is 7. The molecule has 3 N–H and O–H groups in total. The van der Waals surface area contributed by atoms with E-state index in [0.29, 0.717) is 34.3 Å². The molecule has 0 aliphatic carbocycles. The number of thiophene rings is 1. The monoisotopic (exact) mass is 458 g/mol. The lowest BCUT2D eigenvalue weighted by Crippen LogP contribution is -2.26. The van der Waals surface area contributed by atoms with E-state index >= 15 is 0 Å². The largest absolute Gasteiger partial charge is 0.352 e. The molecule has 1 aromatic carbocycles. The van der Waals surface area contributed by atoms with Crippen molar-refractivity contribution in [2.24, 2.45) is 5.92 Å². The fraction of sp³-hybridized carbons (Fsp3) is 0.250. The molecule has 1 saturated heterocycles. The summed E-state index contributed by atoms with van der Waals surface area (Å²) in [6.45, 7) is 2.64. The molecular weight excluding hydrogens is 436 g/mol. The van der Waals surface area contributed by atoms with Crippen LogP contribution in [0.25, 0.3) is 32.3 Å². The van der Waals surface area contributed by atoms with E-state index in [-0.39, 0.29) is 0 Å². The minimum Gasteiger partial charge on any atom is -0.352 e. The van der Waals surface area contributed by atoms with Crippen LogP contribution in [0.3, 0.4) is 0 Å². The Labute approximate surface area is 193 Å². The Morgan fingerprint density at radius 1 is 1.12 bits per heavy atom. The quantitative estimate of drug-likeness (QED) is 0.398. The van der Waals surface area contributed by atoms with Crippen LogP contribution >= 0.6 is 11.3 Å². The first-order chi connectivity index (χ1) is 16.1. The van der Waals surface area contributed by atoms with Crippen molar-refractivity contribution in [3.05, 3.63) is 53.2 Å². The molecule has 4 aromatic rings. The van der Waals surface area contributed by atoms with E-state index in [1.54, 1.807) is 17.5 Å². The third-order valence-corrected chi connectivity index (χ3v) is 7.24. The smallest absolute Gasteiger partial charge is 0.261 e. The zero-order valence-electron chi connectivity index (χ0n) is 18.0. The predicted molar refractivity (Wildman–Crippen MR) is 130 cm³/mol. The molecule has 1 fully saturated rings. The summed E-state index contributed by atoms with van der Waals surface area (Å²) in [6, 6.07) is 9.61. The Morgan fingerprint density at radius 2 is 1.97 bits per heavy atom. The van der Waals surface area contributed by atoms with Crippen LogP contribution in [0.4, 0.5) is 5.95 Å². The van der Waals surface area contributed by atoms with Gasteiger partial charge in [-0.15, -0.1) is 11.3 Å². The van der Waals surface area contributed by atoms with E-state index in [4.69, 9.17) is 9.97 Å². The molecule has 9 heteroatoms. The number of para-hydroxylation sites is 1. The molecule has 33 heavy (non-hydrogen) atoms. The predicted octanol–water partition coefficient (Wildman–Crippen LogP) is 2.79. The van der Waals surface area contributed by atoms with Gasteiger partial charge in [0.15, 0.2) is 0 Å². The highest BCUT2D eigenvalue weighted by molar-refractivity contribution is 7.16. The maximum atomic E-state index is 13.1. The van der Waals surface area contributed by atoms with Crippen molar-refractivity contribution in [3.63, 3.8) is 0 Å². The van der Waals surface area contributed by atoms with Crippen LogP contribution < -0.4 is 15.5 Å². The maximum absolute atomic E-state index is 13.1. The van der Waals surface area contributed by atoms with E-state index in [1.807, 2.05) is 42.8 Å². The number of benzene rings is 1. The maximum Gasteiger partial charge on any atom is 0.261 e. The number of aromatic nitrogens is 3. The van der Waals surface area contributed by atoms with Gasteiger partial charge in [-0.05, 0) is 43.4 Å². The third kappa shape index (κ3) is 3.23. The summed E-state index contributed by atoms with van der Waals surface area (Å²) >= 11 is 1.56. The van der Waals surface area contributed by atoms with Gasteiger partial charge in [-0.2, -0.15) is 0 Å². The van der Waals surface area contributed by atoms with Crippen molar-refractivity contribution >= 4 is 61.4 Å². The molecule has 2 aliphatic rings. The summed E-state index contributed by atoms with van der Waals surface area (Å²) in [7, 11) is 1.96. The van der Waals surface area contributed by atoms with Crippen molar-refractivity contribution in [1.82, 2.24) is 25.6 Å². The molecule has 0 radical (unpaired) electrons. The molecule has 0 spiro atoms. The molecule has 1 atom stereocenters. The Kier molecular flexibility index (Phi) is 4.74. The lowest BCUT2D eigenvalue weighted by atomic mass is 9.97. The number of fused-ring (bicyclic) bond motifs is 2. The van der Waals surface area contributed by atoms with E-state index in [9.17, 15) is 9.59 Å². The Bertz CT molecular complexity index is 1450. The van der Waals surface area contributed by atoms with Gasteiger partial charge in [-0.1, -0.05) is 18.2 Å². The van der Waals surface area contributed by atoms with Crippen LogP contribution in [0.15, 0.2) is 41.9 Å². The minimum atomic E-state index is -0.427. The Balaban J connectivity index is 1.56. The van der Waals surface area contributed by atoms with E-state index in [2.05, 4.69) is 20.5 Å². The normalized spacial score (nSPS) is 18.8.